The summed E-state index contributed by atoms with van der Waals surface area (Å²) < 4.78 is 4.87. The van der Waals surface area contributed by atoms with Crippen molar-refractivity contribution in [2.24, 2.45) is 0 Å². The number of benzene rings is 1. The van der Waals surface area contributed by atoms with Gasteiger partial charge in [0.2, 0.25) is 0 Å². The summed E-state index contributed by atoms with van der Waals surface area (Å²) in [5, 5.41) is 13.8. The van der Waals surface area contributed by atoms with Gasteiger partial charge in [-0.1, -0.05) is 12.1 Å². The molecule has 6 nitrogen and oxygen atoms in total. The molecule has 0 aromatic heterocycles. The van der Waals surface area contributed by atoms with Gasteiger partial charge in [0.05, 0.1) is 11.5 Å². The third-order valence-electron chi connectivity index (χ3n) is 2.85. The van der Waals surface area contributed by atoms with E-state index in [9.17, 15) is 14.9 Å². The Morgan fingerprint density at radius 1 is 1.53 bits per heavy atom. The number of hydrogen-bond acceptors (Lipinski definition) is 5. The molecule has 6 heteroatoms. The zero-order valence-corrected chi connectivity index (χ0v) is 11.3. The van der Waals surface area contributed by atoms with E-state index < -0.39 is 11.0 Å². The number of carbonyl (C=O) groups is 1. The van der Waals surface area contributed by atoms with E-state index in [-0.39, 0.29) is 11.7 Å². The molecule has 1 N–H and O–H groups in total. The van der Waals surface area contributed by atoms with Crippen LogP contribution in [0, 0.1) is 17.0 Å². The van der Waals surface area contributed by atoms with Gasteiger partial charge in [-0.2, -0.15) is 0 Å². The fourth-order valence-electron chi connectivity index (χ4n) is 1.67. The molecule has 104 valence electrons. The maximum atomic E-state index is 11.4. The molecule has 0 bridgehead atoms. The van der Waals surface area contributed by atoms with E-state index in [2.05, 4.69) is 5.32 Å². The van der Waals surface area contributed by atoms with Gasteiger partial charge in [-0.25, -0.2) is 0 Å². The van der Waals surface area contributed by atoms with E-state index in [0.29, 0.717) is 18.7 Å². The number of nitrogens with one attached hydrogen (secondary N) is 1. The molecule has 0 spiro atoms. The lowest BCUT2D eigenvalue weighted by Crippen LogP contribution is -2.35. The molecule has 0 aliphatic heterocycles. The highest BCUT2D eigenvalue weighted by atomic mass is 16.6. The number of carbonyl (C=O) groups excluding carboxylic acids is 1. The predicted molar refractivity (Wildman–Crippen MR) is 70.8 cm³/mol. The lowest BCUT2D eigenvalue weighted by Gasteiger charge is -2.13. The number of ether oxygens (including phenoxy) is 1. The Kier molecular flexibility index (Phi) is 5.44. The Bertz CT molecular complexity index is 474. The van der Waals surface area contributed by atoms with Gasteiger partial charge in [0.25, 0.3) is 5.69 Å². The Balaban J connectivity index is 2.71. The predicted octanol–water partition coefficient (Wildman–Crippen LogP) is 1.94. The minimum atomic E-state index is -0.446. The minimum Gasteiger partial charge on any atom is -0.465 e. The van der Waals surface area contributed by atoms with Crippen molar-refractivity contribution in [1.29, 1.82) is 0 Å². The number of nitro groups is 1. The van der Waals surface area contributed by atoms with E-state index in [4.69, 9.17) is 4.74 Å². The van der Waals surface area contributed by atoms with E-state index in [1.54, 1.807) is 32.9 Å². The Hall–Kier alpha value is -1.95. The smallest absolute Gasteiger partial charge is 0.322 e. The first kappa shape index (κ1) is 15.1. The fourth-order valence-corrected chi connectivity index (χ4v) is 1.67. The van der Waals surface area contributed by atoms with Crippen LogP contribution < -0.4 is 5.32 Å². The molecule has 0 amide bonds. The van der Waals surface area contributed by atoms with Gasteiger partial charge in [-0.15, -0.1) is 0 Å². The summed E-state index contributed by atoms with van der Waals surface area (Å²) in [5.74, 6) is -0.328. The second-order valence-electron chi connectivity index (χ2n) is 4.17. The summed E-state index contributed by atoms with van der Waals surface area (Å²) >= 11 is 0. The molecule has 0 saturated carbocycles. The highest BCUT2D eigenvalue weighted by Gasteiger charge is 2.16. The van der Waals surface area contributed by atoms with Crippen LogP contribution in [-0.4, -0.2) is 23.5 Å². The molecule has 0 heterocycles. The number of rotatable bonds is 6. The molecule has 0 aliphatic rings. The average molecular weight is 266 g/mol. The quantitative estimate of drug-likeness (QED) is 0.483. The Morgan fingerprint density at radius 2 is 2.21 bits per heavy atom. The fraction of sp³-hybridized carbons (Fsp3) is 0.462. The highest BCUT2D eigenvalue weighted by Crippen LogP contribution is 2.20. The first-order valence-electron chi connectivity index (χ1n) is 6.10. The molecule has 1 atom stereocenters. The topological polar surface area (TPSA) is 81.5 Å². The third kappa shape index (κ3) is 4.03. The summed E-state index contributed by atoms with van der Waals surface area (Å²) in [6.45, 7) is 5.86. The first-order valence-corrected chi connectivity index (χ1v) is 6.10. The van der Waals surface area contributed by atoms with Gasteiger partial charge in [0, 0.05) is 18.2 Å². The zero-order valence-electron chi connectivity index (χ0n) is 11.3. The standard InChI is InChI=1S/C13H18N2O4/c1-4-19-13(16)10(3)14-8-11-6-5-7-12(9(11)2)15(17)18/h5-7,10,14H,4,8H2,1-3H3. The molecule has 1 rings (SSSR count). The van der Waals surface area contributed by atoms with Crippen LogP contribution in [-0.2, 0) is 16.1 Å². The maximum Gasteiger partial charge on any atom is 0.322 e. The zero-order chi connectivity index (χ0) is 14.4. The number of nitro benzene ring substituents is 1. The highest BCUT2D eigenvalue weighted by molar-refractivity contribution is 5.75. The molecular formula is C13H18N2O4. The van der Waals surface area contributed by atoms with Crippen molar-refractivity contribution >= 4 is 11.7 Å². The summed E-state index contributed by atoms with van der Waals surface area (Å²) in [4.78, 5) is 21.8. The van der Waals surface area contributed by atoms with E-state index >= 15 is 0 Å². The molecule has 1 aromatic rings. The van der Waals surface area contributed by atoms with Crippen molar-refractivity contribution in [3.8, 4) is 0 Å². The van der Waals surface area contributed by atoms with Crippen LogP contribution in [0.3, 0.4) is 0 Å². The van der Waals surface area contributed by atoms with E-state index in [1.807, 2.05) is 0 Å². The molecule has 19 heavy (non-hydrogen) atoms. The molecule has 0 saturated heterocycles. The van der Waals surface area contributed by atoms with Crippen LogP contribution in [0.5, 0.6) is 0 Å². The van der Waals surface area contributed by atoms with Gasteiger partial charge in [0.15, 0.2) is 0 Å². The molecule has 0 fully saturated rings. The average Bonchev–Trinajstić information content (AvgIpc) is 2.37. The van der Waals surface area contributed by atoms with Gasteiger partial charge in [-0.3, -0.25) is 14.9 Å². The molecule has 0 radical (unpaired) electrons. The van der Waals surface area contributed by atoms with Gasteiger partial charge in [-0.05, 0) is 26.3 Å². The van der Waals surface area contributed by atoms with E-state index in [0.717, 1.165) is 5.56 Å². The van der Waals surface area contributed by atoms with Crippen LogP contribution in [0.4, 0.5) is 5.69 Å². The SMILES string of the molecule is CCOC(=O)C(C)NCc1cccc([N+](=O)[O-])c1C. The third-order valence-corrected chi connectivity index (χ3v) is 2.85. The maximum absolute atomic E-state index is 11.4. The summed E-state index contributed by atoms with van der Waals surface area (Å²) in [5.41, 5.74) is 1.49. The number of nitrogens with zero attached hydrogens (tertiary/aromatic N) is 1. The lowest BCUT2D eigenvalue weighted by molar-refractivity contribution is -0.385. The van der Waals surface area contributed by atoms with Crippen molar-refractivity contribution in [3.05, 3.63) is 39.4 Å². The first-order chi connectivity index (χ1) is 8.97. The minimum absolute atomic E-state index is 0.0862. The molecular weight excluding hydrogens is 248 g/mol. The van der Waals surface area contributed by atoms with Crippen LogP contribution >= 0.6 is 0 Å². The number of esters is 1. The van der Waals surface area contributed by atoms with Crippen molar-refractivity contribution in [2.75, 3.05) is 6.61 Å². The second-order valence-corrected chi connectivity index (χ2v) is 4.17. The largest absolute Gasteiger partial charge is 0.465 e. The Labute approximate surface area is 111 Å². The van der Waals surface area contributed by atoms with Gasteiger partial charge < -0.3 is 10.1 Å². The van der Waals surface area contributed by atoms with Gasteiger partial charge in [0.1, 0.15) is 6.04 Å². The van der Waals surface area contributed by atoms with Crippen molar-refractivity contribution in [1.82, 2.24) is 5.32 Å². The van der Waals surface area contributed by atoms with Gasteiger partial charge >= 0.3 is 5.97 Å². The van der Waals surface area contributed by atoms with Crippen LogP contribution in [0.15, 0.2) is 18.2 Å². The van der Waals surface area contributed by atoms with Crippen molar-refractivity contribution < 1.29 is 14.5 Å². The monoisotopic (exact) mass is 266 g/mol. The second kappa shape index (κ2) is 6.84. The molecule has 1 aromatic carbocycles. The van der Waals surface area contributed by atoms with Crippen LogP contribution in [0.25, 0.3) is 0 Å². The molecule has 1 unspecified atom stereocenters. The summed E-state index contributed by atoms with van der Waals surface area (Å²) in [6, 6.07) is 4.46. The molecule has 0 aliphatic carbocycles. The number of hydrogen-bond donors (Lipinski definition) is 1. The van der Waals surface area contributed by atoms with E-state index in [1.165, 1.54) is 6.07 Å². The Morgan fingerprint density at radius 3 is 2.79 bits per heavy atom. The van der Waals surface area contributed by atoms with Crippen molar-refractivity contribution in [3.63, 3.8) is 0 Å². The summed E-state index contributed by atoms with van der Waals surface area (Å²) in [6.07, 6.45) is 0. The summed E-state index contributed by atoms with van der Waals surface area (Å²) in [7, 11) is 0. The van der Waals surface area contributed by atoms with Crippen LogP contribution in [0.1, 0.15) is 25.0 Å². The van der Waals surface area contributed by atoms with Crippen LogP contribution in [0.2, 0.25) is 0 Å². The lowest BCUT2D eigenvalue weighted by atomic mass is 10.1. The van der Waals surface area contributed by atoms with Crippen molar-refractivity contribution in [2.45, 2.75) is 33.4 Å². The normalized spacial score (nSPS) is 11.9.